The molecule has 1 unspecified atom stereocenters. The standard InChI is InChI=1S/C12H10BrF3N2/c1-2-4-17-8-10-6-9(13)3-5-18(10)11(17)7-12(14,15)16/h3,5-6,8,11H,7H2,1H3. The van der Waals surface area contributed by atoms with Gasteiger partial charge < -0.3 is 4.90 Å². The van der Waals surface area contributed by atoms with Crippen LogP contribution in [0.3, 0.4) is 0 Å². The van der Waals surface area contributed by atoms with Crippen molar-refractivity contribution in [2.24, 2.45) is 0 Å². The van der Waals surface area contributed by atoms with Crippen molar-refractivity contribution in [3.63, 3.8) is 0 Å². The normalized spacial score (nSPS) is 22.2. The first kappa shape index (κ1) is 13.1. The molecular formula is C12H10BrF3N2. The summed E-state index contributed by atoms with van der Waals surface area (Å²) in [7, 11) is 0. The molecule has 0 aromatic carbocycles. The van der Waals surface area contributed by atoms with E-state index < -0.39 is 18.8 Å². The molecule has 0 radical (unpaired) electrons. The van der Waals surface area contributed by atoms with E-state index in [1.54, 1.807) is 36.4 Å². The van der Waals surface area contributed by atoms with Crippen LogP contribution in [-0.2, 0) is 0 Å². The highest BCUT2D eigenvalue weighted by molar-refractivity contribution is 9.11. The van der Waals surface area contributed by atoms with Gasteiger partial charge in [-0.1, -0.05) is 21.9 Å². The van der Waals surface area contributed by atoms with Gasteiger partial charge in [-0.05, 0) is 19.1 Å². The molecule has 0 saturated carbocycles. The summed E-state index contributed by atoms with van der Waals surface area (Å²) in [6.45, 7) is 1.60. The first-order chi connectivity index (χ1) is 8.40. The molecule has 0 spiro atoms. The Balaban J connectivity index is 2.28. The number of alkyl halides is 3. The molecule has 0 fully saturated rings. The molecule has 0 N–H and O–H groups in total. The van der Waals surface area contributed by atoms with E-state index in [-0.39, 0.29) is 0 Å². The van der Waals surface area contributed by atoms with E-state index in [2.05, 4.69) is 27.9 Å². The fourth-order valence-corrected chi connectivity index (χ4v) is 2.23. The molecule has 0 aliphatic carbocycles. The molecule has 0 amide bonds. The van der Waals surface area contributed by atoms with Gasteiger partial charge in [-0.2, -0.15) is 13.2 Å². The molecule has 2 heterocycles. The molecule has 0 aromatic heterocycles. The first-order valence-corrected chi connectivity index (χ1v) is 6.03. The van der Waals surface area contributed by atoms with Gasteiger partial charge in [0.1, 0.15) is 6.17 Å². The number of halogens is 4. The Labute approximate surface area is 112 Å². The smallest absolute Gasteiger partial charge is 0.324 e. The van der Waals surface area contributed by atoms with E-state index >= 15 is 0 Å². The van der Waals surface area contributed by atoms with Crippen LogP contribution in [0.25, 0.3) is 0 Å². The minimum absolute atomic E-state index is 0.696. The molecule has 0 bridgehead atoms. The summed E-state index contributed by atoms with van der Waals surface area (Å²) < 4.78 is 38.6. The highest BCUT2D eigenvalue weighted by Gasteiger charge is 2.40. The third-order valence-electron chi connectivity index (χ3n) is 2.55. The van der Waals surface area contributed by atoms with Gasteiger partial charge in [0.15, 0.2) is 0 Å². The van der Waals surface area contributed by atoms with E-state index in [0.717, 1.165) is 4.48 Å². The summed E-state index contributed by atoms with van der Waals surface area (Å²) in [5.41, 5.74) is 0.696. The SMILES string of the molecule is CC#CN1C=C2C=C(Br)C=CN2C1CC(F)(F)F. The second-order valence-corrected chi connectivity index (χ2v) is 4.79. The Morgan fingerprint density at radius 3 is 2.78 bits per heavy atom. The summed E-state index contributed by atoms with van der Waals surface area (Å²) in [5.74, 6) is 2.63. The number of rotatable bonds is 1. The van der Waals surface area contributed by atoms with Crippen LogP contribution in [0.15, 0.2) is 34.7 Å². The van der Waals surface area contributed by atoms with Crippen LogP contribution in [0, 0.1) is 12.0 Å². The average molecular weight is 319 g/mol. The molecule has 2 rings (SSSR count). The van der Waals surface area contributed by atoms with Crippen molar-refractivity contribution >= 4 is 15.9 Å². The highest BCUT2D eigenvalue weighted by Crippen LogP contribution is 2.35. The van der Waals surface area contributed by atoms with Gasteiger partial charge in [0.2, 0.25) is 0 Å². The maximum Gasteiger partial charge on any atom is 0.392 e. The van der Waals surface area contributed by atoms with Crippen LogP contribution < -0.4 is 0 Å². The molecule has 0 aromatic rings. The molecule has 2 nitrogen and oxygen atoms in total. The minimum Gasteiger partial charge on any atom is -0.324 e. The number of allylic oxidation sites excluding steroid dienone is 3. The van der Waals surface area contributed by atoms with Gasteiger partial charge in [0.25, 0.3) is 0 Å². The summed E-state index contributed by atoms with van der Waals surface area (Å²) in [5, 5.41) is 0. The third-order valence-corrected chi connectivity index (χ3v) is 3.04. The first-order valence-electron chi connectivity index (χ1n) is 5.24. The Morgan fingerprint density at radius 1 is 1.44 bits per heavy atom. The van der Waals surface area contributed by atoms with Gasteiger partial charge in [0, 0.05) is 22.9 Å². The third kappa shape index (κ3) is 2.72. The van der Waals surface area contributed by atoms with Gasteiger partial charge >= 0.3 is 6.18 Å². The van der Waals surface area contributed by atoms with E-state index in [1.807, 2.05) is 0 Å². The number of fused-ring (bicyclic) bond motifs is 1. The van der Waals surface area contributed by atoms with E-state index in [0.29, 0.717) is 5.70 Å². The molecule has 18 heavy (non-hydrogen) atoms. The minimum atomic E-state index is -4.23. The van der Waals surface area contributed by atoms with Crippen molar-refractivity contribution in [3.05, 3.63) is 34.7 Å². The monoisotopic (exact) mass is 318 g/mol. The van der Waals surface area contributed by atoms with Crippen LogP contribution in [0.2, 0.25) is 0 Å². The lowest BCUT2D eigenvalue weighted by atomic mass is 10.2. The van der Waals surface area contributed by atoms with Crippen molar-refractivity contribution in [2.45, 2.75) is 25.7 Å². The van der Waals surface area contributed by atoms with Crippen molar-refractivity contribution in [1.29, 1.82) is 0 Å². The summed E-state index contributed by atoms with van der Waals surface area (Å²) in [6.07, 6.45) is 0.734. The van der Waals surface area contributed by atoms with Crippen molar-refractivity contribution in [2.75, 3.05) is 0 Å². The Bertz CT molecular complexity index is 494. The van der Waals surface area contributed by atoms with Gasteiger partial charge in [-0.3, -0.25) is 4.90 Å². The Kier molecular flexibility index (Phi) is 3.44. The molecule has 96 valence electrons. The molecule has 1 atom stereocenters. The second kappa shape index (κ2) is 4.73. The molecule has 2 aliphatic heterocycles. The lowest BCUT2D eigenvalue weighted by Crippen LogP contribution is -2.38. The highest BCUT2D eigenvalue weighted by atomic mass is 79.9. The van der Waals surface area contributed by atoms with Crippen LogP contribution in [0.4, 0.5) is 13.2 Å². The zero-order valence-electron chi connectivity index (χ0n) is 9.50. The van der Waals surface area contributed by atoms with Gasteiger partial charge in [-0.25, -0.2) is 0 Å². The van der Waals surface area contributed by atoms with E-state index in [1.165, 1.54) is 4.90 Å². The van der Waals surface area contributed by atoms with Crippen LogP contribution in [0.5, 0.6) is 0 Å². The Hall–Kier alpha value is -1.35. The second-order valence-electron chi connectivity index (χ2n) is 3.88. The predicted octanol–water partition coefficient (Wildman–Crippen LogP) is 3.51. The van der Waals surface area contributed by atoms with Crippen molar-refractivity contribution < 1.29 is 13.2 Å². The molecule has 0 saturated heterocycles. The summed E-state index contributed by atoms with van der Waals surface area (Å²) in [4.78, 5) is 2.97. The van der Waals surface area contributed by atoms with Gasteiger partial charge in [0.05, 0.1) is 12.1 Å². The van der Waals surface area contributed by atoms with Crippen LogP contribution in [0.1, 0.15) is 13.3 Å². The van der Waals surface area contributed by atoms with Crippen molar-refractivity contribution in [3.8, 4) is 12.0 Å². The fraction of sp³-hybridized carbons (Fsp3) is 0.333. The molecule has 6 heteroatoms. The van der Waals surface area contributed by atoms with Crippen LogP contribution in [-0.4, -0.2) is 22.1 Å². The van der Waals surface area contributed by atoms with E-state index in [4.69, 9.17) is 0 Å². The molecular weight excluding hydrogens is 309 g/mol. The zero-order valence-corrected chi connectivity index (χ0v) is 11.1. The summed E-state index contributed by atoms with van der Waals surface area (Å²) >= 11 is 3.30. The predicted molar refractivity (Wildman–Crippen MR) is 65.8 cm³/mol. The fourth-order valence-electron chi connectivity index (χ4n) is 1.88. The van der Waals surface area contributed by atoms with Gasteiger partial charge in [-0.15, -0.1) is 0 Å². The average Bonchev–Trinajstić information content (AvgIpc) is 2.54. The lowest BCUT2D eigenvalue weighted by Gasteiger charge is -2.30. The van der Waals surface area contributed by atoms with E-state index in [9.17, 15) is 13.2 Å². The van der Waals surface area contributed by atoms with Crippen LogP contribution >= 0.6 is 15.9 Å². The topological polar surface area (TPSA) is 6.48 Å². The lowest BCUT2D eigenvalue weighted by molar-refractivity contribution is -0.149. The molecule has 2 aliphatic rings. The number of hydrogen-bond acceptors (Lipinski definition) is 2. The maximum atomic E-state index is 12.6. The Morgan fingerprint density at radius 2 is 2.17 bits per heavy atom. The number of hydrogen-bond donors (Lipinski definition) is 0. The zero-order chi connectivity index (χ0) is 13.3. The largest absolute Gasteiger partial charge is 0.392 e. The van der Waals surface area contributed by atoms with Crippen molar-refractivity contribution in [1.82, 2.24) is 9.80 Å². The maximum absolute atomic E-state index is 12.6. The quantitative estimate of drug-likeness (QED) is 0.683. The summed E-state index contributed by atoms with van der Waals surface area (Å²) in [6, 6.07) is 2.68. The number of nitrogens with zero attached hydrogens (tertiary/aromatic N) is 2.